The lowest BCUT2D eigenvalue weighted by atomic mass is 10.0. The zero-order valence-corrected chi connectivity index (χ0v) is 8.25. The molecule has 0 saturated heterocycles. The maximum Gasteiger partial charge on any atom is 0.303 e. The van der Waals surface area contributed by atoms with Crippen LogP contribution in [0.1, 0.15) is 33.1 Å². The van der Waals surface area contributed by atoms with E-state index >= 15 is 0 Å². The van der Waals surface area contributed by atoms with Gasteiger partial charge >= 0.3 is 5.97 Å². The highest BCUT2D eigenvalue weighted by atomic mass is 16.6. The molecule has 0 heterocycles. The van der Waals surface area contributed by atoms with E-state index in [0.29, 0.717) is 0 Å². The van der Waals surface area contributed by atoms with Crippen molar-refractivity contribution in [3.8, 4) is 0 Å². The largest absolute Gasteiger partial charge is 0.459 e. The monoisotopic (exact) mass is 180 g/mol. The average molecular weight is 180 g/mol. The van der Waals surface area contributed by atoms with E-state index < -0.39 is 0 Å². The first kappa shape index (κ1) is 7.84. The number of fused-ring (bicyclic) bond motifs is 5. The fourth-order valence-corrected chi connectivity index (χ4v) is 4.23. The van der Waals surface area contributed by atoms with Gasteiger partial charge < -0.3 is 4.74 Å². The lowest BCUT2D eigenvalue weighted by Gasteiger charge is -2.18. The Bertz CT molecular complexity index is 255. The zero-order valence-electron chi connectivity index (χ0n) is 8.25. The molecule has 2 nitrogen and oxygen atoms in total. The molecular weight excluding hydrogens is 164 g/mol. The van der Waals surface area contributed by atoms with Crippen LogP contribution < -0.4 is 0 Å². The molecule has 3 fully saturated rings. The fraction of sp³-hybridized carbons (Fsp3) is 0.909. The molecule has 3 aliphatic carbocycles. The number of hydrogen-bond donors (Lipinski definition) is 0. The van der Waals surface area contributed by atoms with Crippen molar-refractivity contribution in [3.05, 3.63) is 0 Å². The van der Waals surface area contributed by atoms with E-state index in [1.807, 2.05) is 0 Å². The van der Waals surface area contributed by atoms with E-state index in [1.54, 1.807) is 0 Å². The second-order valence-corrected chi connectivity index (χ2v) is 5.16. The van der Waals surface area contributed by atoms with Crippen molar-refractivity contribution in [2.75, 3.05) is 0 Å². The van der Waals surface area contributed by atoms with Gasteiger partial charge in [0, 0.05) is 18.8 Å². The number of rotatable bonds is 1. The van der Waals surface area contributed by atoms with Crippen LogP contribution in [0.2, 0.25) is 0 Å². The van der Waals surface area contributed by atoms with E-state index in [4.69, 9.17) is 4.74 Å². The maximum absolute atomic E-state index is 10.9. The van der Waals surface area contributed by atoms with Crippen LogP contribution in [-0.4, -0.2) is 11.6 Å². The molecule has 3 aliphatic rings. The first-order valence-corrected chi connectivity index (χ1v) is 5.32. The van der Waals surface area contributed by atoms with Crippen LogP contribution in [0.25, 0.3) is 0 Å². The Labute approximate surface area is 78.6 Å². The predicted molar refractivity (Wildman–Crippen MR) is 48.0 cm³/mol. The summed E-state index contributed by atoms with van der Waals surface area (Å²) in [5.41, 5.74) is -0.0596. The topological polar surface area (TPSA) is 26.3 Å². The molecule has 13 heavy (non-hydrogen) atoms. The van der Waals surface area contributed by atoms with Gasteiger partial charge in [0.25, 0.3) is 0 Å². The Morgan fingerprint density at radius 1 is 1.31 bits per heavy atom. The third-order valence-electron chi connectivity index (χ3n) is 4.49. The molecule has 0 aromatic rings. The van der Waals surface area contributed by atoms with Crippen molar-refractivity contribution >= 4 is 5.97 Å². The van der Waals surface area contributed by atoms with Crippen LogP contribution in [-0.2, 0) is 9.53 Å². The molecule has 0 spiro atoms. The van der Waals surface area contributed by atoms with Gasteiger partial charge in [0.2, 0.25) is 0 Å². The van der Waals surface area contributed by atoms with Gasteiger partial charge in [-0.1, -0.05) is 0 Å². The molecule has 0 aliphatic heterocycles. The minimum absolute atomic E-state index is 0.0596. The standard InChI is InChI=1S/C11H16O2/c1-6(12)13-11(2)9-7-3-4-8(5-7)10(9)11/h7-10H,3-5H2,1-2H3. The Kier molecular flexibility index (Phi) is 1.27. The summed E-state index contributed by atoms with van der Waals surface area (Å²) < 4.78 is 5.46. The second-order valence-electron chi connectivity index (χ2n) is 5.16. The van der Waals surface area contributed by atoms with E-state index in [-0.39, 0.29) is 11.6 Å². The highest BCUT2D eigenvalue weighted by Crippen LogP contribution is 2.72. The molecule has 0 N–H and O–H groups in total. The van der Waals surface area contributed by atoms with E-state index in [1.165, 1.54) is 26.2 Å². The Morgan fingerprint density at radius 3 is 2.31 bits per heavy atom. The first-order chi connectivity index (χ1) is 6.13. The molecule has 2 bridgehead atoms. The van der Waals surface area contributed by atoms with E-state index in [0.717, 1.165) is 23.7 Å². The summed E-state index contributed by atoms with van der Waals surface area (Å²) in [6.45, 7) is 3.66. The van der Waals surface area contributed by atoms with Crippen LogP contribution in [0.15, 0.2) is 0 Å². The summed E-state index contributed by atoms with van der Waals surface area (Å²) in [5, 5.41) is 0. The Hall–Kier alpha value is -0.530. The average Bonchev–Trinajstić information content (AvgIpc) is 2.50. The summed E-state index contributed by atoms with van der Waals surface area (Å²) in [4.78, 5) is 10.9. The number of hydrogen-bond acceptors (Lipinski definition) is 2. The Balaban J connectivity index is 1.80. The minimum atomic E-state index is -0.101. The SMILES string of the molecule is CC(=O)OC1(C)C2C3CCC(C3)C21. The summed E-state index contributed by atoms with van der Waals surface area (Å²) in [5.74, 6) is 3.08. The number of carbonyl (C=O) groups excluding carboxylic acids is 1. The molecule has 0 amide bonds. The van der Waals surface area contributed by atoms with Crippen molar-refractivity contribution in [2.45, 2.75) is 38.7 Å². The molecule has 0 aromatic heterocycles. The fourth-order valence-electron chi connectivity index (χ4n) is 4.23. The quantitative estimate of drug-likeness (QED) is 0.577. The molecule has 3 rings (SSSR count). The zero-order chi connectivity index (χ0) is 9.22. The Morgan fingerprint density at radius 2 is 1.85 bits per heavy atom. The van der Waals surface area contributed by atoms with Crippen LogP contribution in [0, 0.1) is 23.7 Å². The van der Waals surface area contributed by atoms with Crippen molar-refractivity contribution in [3.63, 3.8) is 0 Å². The van der Waals surface area contributed by atoms with Gasteiger partial charge in [-0.15, -0.1) is 0 Å². The summed E-state index contributed by atoms with van der Waals surface area (Å²) in [7, 11) is 0. The van der Waals surface area contributed by atoms with Crippen molar-refractivity contribution in [1.29, 1.82) is 0 Å². The highest BCUT2D eigenvalue weighted by Gasteiger charge is 2.74. The van der Waals surface area contributed by atoms with Gasteiger partial charge in [0.1, 0.15) is 5.60 Å². The number of esters is 1. The van der Waals surface area contributed by atoms with E-state index in [9.17, 15) is 4.79 Å². The smallest absolute Gasteiger partial charge is 0.303 e. The third kappa shape index (κ3) is 0.818. The first-order valence-electron chi connectivity index (χ1n) is 5.32. The molecule has 2 heteroatoms. The minimum Gasteiger partial charge on any atom is -0.459 e. The van der Waals surface area contributed by atoms with Crippen LogP contribution in [0.5, 0.6) is 0 Å². The van der Waals surface area contributed by atoms with Gasteiger partial charge in [0.15, 0.2) is 0 Å². The normalized spacial score (nSPS) is 56.2. The molecule has 3 saturated carbocycles. The summed E-state index contributed by atoms with van der Waals surface area (Å²) in [6.07, 6.45) is 4.16. The predicted octanol–water partition coefficient (Wildman–Crippen LogP) is 1.98. The van der Waals surface area contributed by atoms with Gasteiger partial charge in [0.05, 0.1) is 0 Å². The van der Waals surface area contributed by atoms with Gasteiger partial charge in [-0.05, 0) is 38.0 Å². The summed E-state index contributed by atoms with van der Waals surface area (Å²) in [6, 6.07) is 0. The van der Waals surface area contributed by atoms with Crippen molar-refractivity contribution in [2.24, 2.45) is 23.7 Å². The third-order valence-corrected chi connectivity index (χ3v) is 4.49. The molecule has 0 radical (unpaired) electrons. The summed E-state index contributed by atoms with van der Waals surface area (Å²) >= 11 is 0. The number of ether oxygens (including phenoxy) is 1. The molecule has 0 aromatic carbocycles. The molecular formula is C11H16O2. The maximum atomic E-state index is 10.9. The lowest BCUT2D eigenvalue weighted by molar-refractivity contribution is -0.150. The lowest BCUT2D eigenvalue weighted by Crippen LogP contribution is -2.22. The molecule has 72 valence electrons. The van der Waals surface area contributed by atoms with Gasteiger partial charge in [-0.3, -0.25) is 4.79 Å². The van der Waals surface area contributed by atoms with Crippen LogP contribution in [0.4, 0.5) is 0 Å². The van der Waals surface area contributed by atoms with Crippen molar-refractivity contribution < 1.29 is 9.53 Å². The molecule has 4 atom stereocenters. The van der Waals surface area contributed by atoms with E-state index in [2.05, 4.69) is 6.92 Å². The highest BCUT2D eigenvalue weighted by molar-refractivity contribution is 5.67. The van der Waals surface area contributed by atoms with Crippen molar-refractivity contribution in [1.82, 2.24) is 0 Å². The van der Waals surface area contributed by atoms with Gasteiger partial charge in [-0.25, -0.2) is 0 Å². The van der Waals surface area contributed by atoms with Crippen LogP contribution in [0.3, 0.4) is 0 Å². The van der Waals surface area contributed by atoms with Gasteiger partial charge in [-0.2, -0.15) is 0 Å². The number of carbonyl (C=O) groups is 1. The second kappa shape index (κ2) is 2.10. The van der Waals surface area contributed by atoms with Crippen LogP contribution >= 0.6 is 0 Å². The molecule has 4 unspecified atom stereocenters.